The van der Waals surface area contributed by atoms with Crippen LogP contribution in [-0.4, -0.2) is 32.3 Å². The van der Waals surface area contributed by atoms with E-state index >= 15 is 0 Å². The number of nitrogens with zero attached hydrogens (tertiary/aromatic N) is 4. The SMILES string of the molecule is COc1cccc(-c2c(-c3cn[nH]n3)nn(C)c2N)c1. The van der Waals surface area contributed by atoms with Crippen LogP contribution in [0.3, 0.4) is 0 Å². The van der Waals surface area contributed by atoms with E-state index in [0.717, 1.165) is 16.9 Å². The highest BCUT2D eigenvalue weighted by Gasteiger charge is 2.19. The van der Waals surface area contributed by atoms with Crippen LogP contribution in [0.15, 0.2) is 30.5 Å². The molecule has 2 aromatic heterocycles. The summed E-state index contributed by atoms with van der Waals surface area (Å²) >= 11 is 0. The van der Waals surface area contributed by atoms with Crippen molar-refractivity contribution in [2.75, 3.05) is 12.8 Å². The van der Waals surface area contributed by atoms with Crippen LogP contribution in [0, 0.1) is 0 Å². The molecule has 0 radical (unpaired) electrons. The number of hydrogen-bond donors (Lipinski definition) is 2. The Balaban J connectivity index is 2.22. The third-order valence-corrected chi connectivity index (χ3v) is 3.11. The molecule has 1 aromatic carbocycles. The van der Waals surface area contributed by atoms with Gasteiger partial charge in [-0.05, 0) is 17.7 Å². The predicted molar refractivity (Wildman–Crippen MR) is 75.0 cm³/mol. The molecule has 0 fully saturated rings. The fourth-order valence-electron chi connectivity index (χ4n) is 2.10. The van der Waals surface area contributed by atoms with Crippen molar-refractivity contribution >= 4 is 5.82 Å². The van der Waals surface area contributed by atoms with Gasteiger partial charge < -0.3 is 10.5 Å². The molecular weight excluding hydrogens is 256 g/mol. The molecule has 3 N–H and O–H groups in total. The Morgan fingerprint density at radius 2 is 2.20 bits per heavy atom. The summed E-state index contributed by atoms with van der Waals surface area (Å²) in [6, 6.07) is 7.66. The number of nitrogen functional groups attached to an aromatic ring is 1. The van der Waals surface area contributed by atoms with E-state index in [2.05, 4.69) is 20.5 Å². The van der Waals surface area contributed by atoms with Crippen molar-refractivity contribution in [1.82, 2.24) is 25.2 Å². The van der Waals surface area contributed by atoms with Gasteiger partial charge in [0.15, 0.2) is 0 Å². The lowest BCUT2D eigenvalue weighted by atomic mass is 10.0. The van der Waals surface area contributed by atoms with Gasteiger partial charge in [0.25, 0.3) is 0 Å². The van der Waals surface area contributed by atoms with Gasteiger partial charge in [-0.1, -0.05) is 12.1 Å². The molecule has 0 saturated carbocycles. The van der Waals surface area contributed by atoms with Crippen LogP contribution < -0.4 is 10.5 Å². The van der Waals surface area contributed by atoms with Crippen LogP contribution in [0.5, 0.6) is 5.75 Å². The van der Waals surface area contributed by atoms with Gasteiger partial charge in [-0.2, -0.15) is 20.5 Å². The van der Waals surface area contributed by atoms with Crippen molar-refractivity contribution in [2.24, 2.45) is 7.05 Å². The van der Waals surface area contributed by atoms with Crippen molar-refractivity contribution in [3.63, 3.8) is 0 Å². The largest absolute Gasteiger partial charge is 0.497 e. The summed E-state index contributed by atoms with van der Waals surface area (Å²) in [6.07, 6.45) is 1.62. The molecule has 3 rings (SSSR count). The molecule has 0 aliphatic heterocycles. The van der Waals surface area contributed by atoms with E-state index in [1.807, 2.05) is 24.3 Å². The Morgan fingerprint density at radius 3 is 2.90 bits per heavy atom. The molecular formula is C13H14N6O. The minimum Gasteiger partial charge on any atom is -0.497 e. The normalized spacial score (nSPS) is 10.7. The molecule has 0 amide bonds. The first kappa shape index (κ1) is 12.2. The first-order valence-corrected chi connectivity index (χ1v) is 6.03. The first-order valence-electron chi connectivity index (χ1n) is 6.03. The molecule has 3 aromatic rings. The molecule has 20 heavy (non-hydrogen) atoms. The summed E-state index contributed by atoms with van der Waals surface area (Å²) in [7, 11) is 3.42. The number of hydrogen-bond acceptors (Lipinski definition) is 5. The number of aromatic amines is 1. The number of aryl methyl sites for hydroxylation is 1. The van der Waals surface area contributed by atoms with Gasteiger partial charge in [0.05, 0.1) is 18.9 Å². The van der Waals surface area contributed by atoms with Gasteiger partial charge in [-0.15, -0.1) is 0 Å². The number of nitrogens with two attached hydrogens (primary N) is 1. The summed E-state index contributed by atoms with van der Waals surface area (Å²) < 4.78 is 6.88. The quantitative estimate of drug-likeness (QED) is 0.751. The molecule has 2 heterocycles. The van der Waals surface area contributed by atoms with Crippen LogP contribution in [0.4, 0.5) is 5.82 Å². The smallest absolute Gasteiger partial charge is 0.133 e. The second kappa shape index (κ2) is 4.69. The van der Waals surface area contributed by atoms with Crippen molar-refractivity contribution < 1.29 is 4.74 Å². The Bertz CT molecular complexity index is 731. The third kappa shape index (κ3) is 1.89. The van der Waals surface area contributed by atoms with Crippen molar-refractivity contribution in [1.29, 1.82) is 0 Å². The maximum Gasteiger partial charge on any atom is 0.133 e. The summed E-state index contributed by atoms with van der Waals surface area (Å²) in [5.74, 6) is 1.33. The zero-order valence-corrected chi connectivity index (χ0v) is 11.2. The van der Waals surface area contributed by atoms with E-state index in [-0.39, 0.29) is 0 Å². The lowest BCUT2D eigenvalue weighted by molar-refractivity contribution is 0.415. The van der Waals surface area contributed by atoms with Crippen LogP contribution in [0.1, 0.15) is 0 Å². The van der Waals surface area contributed by atoms with E-state index in [0.29, 0.717) is 17.2 Å². The number of nitrogens with one attached hydrogen (secondary N) is 1. The van der Waals surface area contributed by atoms with Gasteiger partial charge in [-0.3, -0.25) is 4.68 Å². The predicted octanol–water partition coefficient (Wildman–Crippen LogP) is 1.46. The highest BCUT2D eigenvalue weighted by molar-refractivity contribution is 5.87. The Morgan fingerprint density at radius 1 is 1.35 bits per heavy atom. The van der Waals surface area contributed by atoms with E-state index in [1.165, 1.54) is 0 Å². The summed E-state index contributed by atoms with van der Waals surface area (Å²) in [5.41, 5.74) is 9.21. The standard InChI is InChI=1S/C13H14N6O/c1-19-13(14)11(8-4-3-5-9(6-8)20-2)12(17-19)10-7-15-18-16-10/h3-7H,14H2,1-2H3,(H,15,16,18). The summed E-state index contributed by atoms with van der Waals surface area (Å²) in [6.45, 7) is 0. The second-order valence-electron chi connectivity index (χ2n) is 4.32. The van der Waals surface area contributed by atoms with E-state index in [4.69, 9.17) is 10.5 Å². The van der Waals surface area contributed by atoms with Crippen LogP contribution >= 0.6 is 0 Å². The number of benzene rings is 1. The van der Waals surface area contributed by atoms with Crippen molar-refractivity contribution in [3.8, 4) is 28.3 Å². The maximum absolute atomic E-state index is 6.13. The summed E-state index contributed by atoms with van der Waals surface area (Å²) in [5, 5.41) is 14.9. The highest BCUT2D eigenvalue weighted by atomic mass is 16.5. The number of aromatic nitrogens is 5. The molecule has 0 aliphatic carbocycles. The van der Waals surface area contributed by atoms with Crippen molar-refractivity contribution in [3.05, 3.63) is 30.5 Å². The average molecular weight is 270 g/mol. The number of anilines is 1. The van der Waals surface area contributed by atoms with Crippen LogP contribution in [0.2, 0.25) is 0 Å². The minimum atomic E-state index is 0.566. The molecule has 7 heteroatoms. The topological polar surface area (TPSA) is 94.6 Å². The first-order chi connectivity index (χ1) is 9.70. The molecule has 0 aliphatic rings. The van der Waals surface area contributed by atoms with Gasteiger partial charge >= 0.3 is 0 Å². The highest BCUT2D eigenvalue weighted by Crippen LogP contribution is 2.35. The molecule has 0 bridgehead atoms. The Kier molecular flexibility index (Phi) is 2.86. The lowest BCUT2D eigenvalue weighted by Gasteiger charge is -2.05. The van der Waals surface area contributed by atoms with Crippen LogP contribution in [-0.2, 0) is 7.05 Å². The maximum atomic E-state index is 6.13. The zero-order chi connectivity index (χ0) is 14.1. The van der Waals surface area contributed by atoms with Gasteiger partial charge in [0.1, 0.15) is 23.0 Å². The van der Waals surface area contributed by atoms with Crippen molar-refractivity contribution in [2.45, 2.75) is 0 Å². The number of rotatable bonds is 3. The molecule has 0 spiro atoms. The number of ether oxygens (including phenoxy) is 1. The van der Waals surface area contributed by atoms with E-state index in [1.54, 1.807) is 25.0 Å². The number of H-pyrrole nitrogens is 1. The van der Waals surface area contributed by atoms with E-state index in [9.17, 15) is 0 Å². The fourth-order valence-corrected chi connectivity index (χ4v) is 2.10. The zero-order valence-electron chi connectivity index (χ0n) is 11.2. The minimum absolute atomic E-state index is 0.566. The monoisotopic (exact) mass is 270 g/mol. The van der Waals surface area contributed by atoms with Gasteiger partial charge in [0.2, 0.25) is 0 Å². The molecule has 102 valence electrons. The van der Waals surface area contributed by atoms with Gasteiger partial charge in [0, 0.05) is 7.05 Å². The molecule has 7 nitrogen and oxygen atoms in total. The third-order valence-electron chi connectivity index (χ3n) is 3.11. The summed E-state index contributed by atoms with van der Waals surface area (Å²) in [4.78, 5) is 0. The second-order valence-corrected chi connectivity index (χ2v) is 4.32. The van der Waals surface area contributed by atoms with E-state index < -0.39 is 0 Å². The molecule has 0 unspecified atom stereocenters. The molecule has 0 atom stereocenters. The molecule has 0 saturated heterocycles. The lowest BCUT2D eigenvalue weighted by Crippen LogP contribution is -1.98. The fraction of sp³-hybridized carbons (Fsp3) is 0.154. The Labute approximate surface area is 115 Å². The number of methoxy groups -OCH3 is 1. The average Bonchev–Trinajstić information content (AvgIpc) is 3.08. The Hall–Kier alpha value is -2.83. The van der Waals surface area contributed by atoms with Gasteiger partial charge in [-0.25, -0.2) is 0 Å². The van der Waals surface area contributed by atoms with Crippen LogP contribution in [0.25, 0.3) is 22.5 Å².